The van der Waals surface area contributed by atoms with E-state index in [9.17, 15) is 14.4 Å². The normalized spacial score (nSPS) is 11.1. The number of anilines is 1. The predicted molar refractivity (Wildman–Crippen MR) is 128 cm³/mol. The van der Waals surface area contributed by atoms with Crippen LogP contribution in [0.4, 0.5) is 10.6 Å². The van der Waals surface area contributed by atoms with Crippen molar-refractivity contribution in [3.8, 4) is 5.69 Å². The van der Waals surface area contributed by atoms with Crippen LogP contribution in [-0.4, -0.2) is 58.8 Å². The summed E-state index contributed by atoms with van der Waals surface area (Å²) in [6.45, 7) is 12.0. The molecule has 0 atom stereocenters. The third-order valence-electron chi connectivity index (χ3n) is 4.89. The van der Waals surface area contributed by atoms with E-state index in [1.807, 2.05) is 44.2 Å². The molecule has 0 saturated carbocycles. The van der Waals surface area contributed by atoms with Gasteiger partial charge in [-0.2, -0.15) is 5.10 Å². The Morgan fingerprint density at radius 2 is 1.85 bits per heavy atom. The van der Waals surface area contributed by atoms with E-state index >= 15 is 0 Å². The first kappa shape index (κ1) is 25.9. The van der Waals surface area contributed by atoms with Gasteiger partial charge in [0.1, 0.15) is 18.9 Å². The topological polar surface area (TPSA) is 106 Å². The van der Waals surface area contributed by atoms with Gasteiger partial charge in [-0.05, 0) is 31.9 Å². The SMILES string of the molecule is CCCN(CC(=O)Nc1cc(C(C)(C)C)nn1-c1ccccc1C)C(=O)NCC(=O)OCC. The highest BCUT2D eigenvalue weighted by Crippen LogP contribution is 2.27. The van der Waals surface area contributed by atoms with Crippen molar-refractivity contribution in [1.29, 1.82) is 0 Å². The molecule has 2 N–H and O–H groups in total. The minimum atomic E-state index is -0.524. The average Bonchev–Trinajstić information content (AvgIpc) is 3.16. The van der Waals surface area contributed by atoms with Gasteiger partial charge < -0.3 is 20.3 Å². The van der Waals surface area contributed by atoms with Crippen LogP contribution in [0.1, 0.15) is 52.3 Å². The van der Waals surface area contributed by atoms with Crippen LogP contribution in [0.25, 0.3) is 5.69 Å². The Labute approximate surface area is 195 Å². The van der Waals surface area contributed by atoms with Gasteiger partial charge in [-0.1, -0.05) is 45.9 Å². The Balaban J connectivity index is 2.20. The van der Waals surface area contributed by atoms with Crippen molar-refractivity contribution < 1.29 is 19.1 Å². The van der Waals surface area contributed by atoms with E-state index in [0.29, 0.717) is 18.8 Å². The van der Waals surface area contributed by atoms with Crippen LogP contribution in [0, 0.1) is 6.92 Å². The number of rotatable bonds is 9. The molecule has 0 spiro atoms. The van der Waals surface area contributed by atoms with Crippen LogP contribution in [0.15, 0.2) is 30.3 Å². The lowest BCUT2D eigenvalue weighted by Gasteiger charge is -2.22. The number of hydrogen-bond donors (Lipinski definition) is 2. The number of aryl methyl sites for hydroxylation is 1. The second-order valence-electron chi connectivity index (χ2n) is 8.80. The first-order chi connectivity index (χ1) is 15.6. The van der Waals surface area contributed by atoms with Gasteiger partial charge in [0.05, 0.1) is 18.0 Å². The van der Waals surface area contributed by atoms with E-state index in [1.54, 1.807) is 11.6 Å². The highest BCUT2D eigenvalue weighted by Gasteiger charge is 2.23. The van der Waals surface area contributed by atoms with Crippen LogP contribution in [0.3, 0.4) is 0 Å². The van der Waals surface area contributed by atoms with E-state index in [-0.39, 0.29) is 31.0 Å². The molecule has 1 heterocycles. The minimum Gasteiger partial charge on any atom is -0.465 e. The zero-order valence-electron chi connectivity index (χ0n) is 20.4. The molecule has 9 nitrogen and oxygen atoms in total. The van der Waals surface area contributed by atoms with Gasteiger partial charge in [-0.3, -0.25) is 9.59 Å². The fraction of sp³-hybridized carbons (Fsp3) is 0.500. The number of aromatic nitrogens is 2. The molecule has 0 bridgehead atoms. The Morgan fingerprint density at radius 3 is 2.45 bits per heavy atom. The second kappa shape index (κ2) is 11.5. The molecule has 0 unspecified atom stereocenters. The predicted octanol–water partition coefficient (Wildman–Crippen LogP) is 3.40. The monoisotopic (exact) mass is 457 g/mol. The molecule has 3 amide bonds. The van der Waals surface area contributed by atoms with Crippen molar-refractivity contribution in [1.82, 2.24) is 20.0 Å². The molecule has 1 aromatic carbocycles. The van der Waals surface area contributed by atoms with E-state index in [0.717, 1.165) is 16.9 Å². The number of carbonyl (C=O) groups is 3. The third kappa shape index (κ3) is 7.34. The van der Waals surface area contributed by atoms with Crippen LogP contribution >= 0.6 is 0 Å². The maximum absolute atomic E-state index is 12.9. The largest absolute Gasteiger partial charge is 0.465 e. The number of benzene rings is 1. The molecular formula is C24H35N5O4. The van der Waals surface area contributed by atoms with Crippen molar-refractivity contribution >= 4 is 23.7 Å². The van der Waals surface area contributed by atoms with E-state index in [1.165, 1.54) is 4.90 Å². The number of esters is 1. The summed E-state index contributed by atoms with van der Waals surface area (Å²) in [5.41, 5.74) is 2.50. The molecule has 0 fully saturated rings. The number of urea groups is 1. The summed E-state index contributed by atoms with van der Waals surface area (Å²) < 4.78 is 6.55. The molecule has 0 aliphatic carbocycles. The van der Waals surface area contributed by atoms with Crippen molar-refractivity contribution in [3.63, 3.8) is 0 Å². The first-order valence-electron chi connectivity index (χ1n) is 11.2. The fourth-order valence-corrected chi connectivity index (χ4v) is 3.17. The lowest BCUT2D eigenvalue weighted by atomic mass is 9.92. The third-order valence-corrected chi connectivity index (χ3v) is 4.89. The van der Waals surface area contributed by atoms with Crippen molar-refractivity contribution in [2.24, 2.45) is 0 Å². The summed E-state index contributed by atoms with van der Waals surface area (Å²) in [6, 6.07) is 9.15. The van der Waals surface area contributed by atoms with E-state index < -0.39 is 12.0 Å². The van der Waals surface area contributed by atoms with Crippen molar-refractivity contribution in [3.05, 3.63) is 41.6 Å². The molecule has 0 aliphatic heterocycles. The molecule has 0 radical (unpaired) electrons. The fourth-order valence-electron chi connectivity index (χ4n) is 3.17. The molecule has 2 rings (SSSR count). The lowest BCUT2D eigenvalue weighted by molar-refractivity contribution is -0.141. The number of nitrogens with zero attached hydrogens (tertiary/aromatic N) is 3. The zero-order valence-corrected chi connectivity index (χ0v) is 20.4. The quantitative estimate of drug-likeness (QED) is 0.562. The molecule has 180 valence electrons. The van der Waals surface area contributed by atoms with Gasteiger partial charge in [0, 0.05) is 18.0 Å². The maximum Gasteiger partial charge on any atom is 0.325 e. The average molecular weight is 458 g/mol. The molecule has 0 saturated heterocycles. The van der Waals surface area contributed by atoms with Gasteiger partial charge in [-0.25, -0.2) is 9.48 Å². The number of nitrogens with one attached hydrogen (secondary N) is 2. The number of hydrogen-bond acceptors (Lipinski definition) is 5. The van der Waals surface area contributed by atoms with Gasteiger partial charge in [0.25, 0.3) is 0 Å². The number of para-hydroxylation sites is 1. The molecule has 0 aliphatic rings. The van der Waals surface area contributed by atoms with Crippen LogP contribution < -0.4 is 10.6 Å². The number of ether oxygens (including phenoxy) is 1. The molecular weight excluding hydrogens is 422 g/mol. The standard InChI is InChI=1S/C24H35N5O4/c1-7-13-28(23(32)25-15-22(31)33-8-2)16-21(30)26-20-14-19(24(4,5)6)27-29(20)18-12-10-9-11-17(18)3/h9-12,14H,7-8,13,15-16H2,1-6H3,(H,25,32)(H,26,30). The minimum absolute atomic E-state index is 0.160. The second-order valence-corrected chi connectivity index (χ2v) is 8.80. The Bertz CT molecular complexity index is 977. The summed E-state index contributed by atoms with van der Waals surface area (Å²) >= 11 is 0. The molecule has 2 aromatic rings. The smallest absolute Gasteiger partial charge is 0.325 e. The molecule has 1 aromatic heterocycles. The Hall–Kier alpha value is -3.36. The lowest BCUT2D eigenvalue weighted by Crippen LogP contribution is -2.46. The highest BCUT2D eigenvalue weighted by molar-refractivity contribution is 5.94. The molecule has 9 heteroatoms. The van der Waals surface area contributed by atoms with Crippen molar-refractivity contribution in [2.45, 2.75) is 53.4 Å². The van der Waals surface area contributed by atoms with Crippen LogP contribution in [0.2, 0.25) is 0 Å². The Kier molecular flexibility index (Phi) is 9.02. The summed E-state index contributed by atoms with van der Waals surface area (Å²) in [5.74, 6) is -0.351. The van der Waals surface area contributed by atoms with Crippen LogP contribution in [-0.2, 0) is 19.7 Å². The van der Waals surface area contributed by atoms with Crippen LogP contribution in [0.5, 0.6) is 0 Å². The zero-order chi connectivity index (χ0) is 24.6. The number of carbonyl (C=O) groups excluding carboxylic acids is 3. The summed E-state index contributed by atoms with van der Waals surface area (Å²) in [4.78, 5) is 38.3. The highest BCUT2D eigenvalue weighted by atomic mass is 16.5. The summed E-state index contributed by atoms with van der Waals surface area (Å²) in [6.07, 6.45) is 0.662. The van der Waals surface area contributed by atoms with E-state index in [4.69, 9.17) is 9.84 Å². The van der Waals surface area contributed by atoms with Gasteiger partial charge in [0.2, 0.25) is 5.91 Å². The first-order valence-corrected chi connectivity index (χ1v) is 11.2. The number of amides is 3. The summed E-state index contributed by atoms with van der Waals surface area (Å²) in [5, 5.41) is 10.2. The van der Waals surface area contributed by atoms with Gasteiger partial charge in [0.15, 0.2) is 0 Å². The maximum atomic E-state index is 12.9. The summed E-state index contributed by atoms with van der Waals surface area (Å²) in [7, 11) is 0. The van der Waals surface area contributed by atoms with Crippen molar-refractivity contribution in [2.75, 3.05) is 31.6 Å². The van der Waals surface area contributed by atoms with Gasteiger partial charge >= 0.3 is 12.0 Å². The van der Waals surface area contributed by atoms with Gasteiger partial charge in [-0.15, -0.1) is 0 Å². The Morgan fingerprint density at radius 1 is 1.15 bits per heavy atom. The van der Waals surface area contributed by atoms with E-state index in [2.05, 4.69) is 31.4 Å². The molecule has 33 heavy (non-hydrogen) atoms.